The Labute approximate surface area is 178 Å². The van der Waals surface area contributed by atoms with Crippen LogP contribution in [0.5, 0.6) is 17.2 Å². The topological polar surface area (TPSA) is 93.5 Å². The smallest absolute Gasteiger partial charge is 0.409 e. The SMILES string of the molecule is CN(C)c1cc(Oc2ccc(-c3nc4ccc(OC(N)=O)cc4[nH]3)cc2)ccc1Cl. The molecule has 0 bridgehead atoms. The molecule has 152 valence electrons. The number of amides is 1. The second-order valence-corrected chi connectivity index (χ2v) is 7.23. The van der Waals surface area contributed by atoms with Gasteiger partial charge in [0.15, 0.2) is 0 Å². The molecule has 0 radical (unpaired) electrons. The lowest BCUT2D eigenvalue weighted by atomic mass is 10.2. The summed E-state index contributed by atoms with van der Waals surface area (Å²) in [4.78, 5) is 20.6. The third-order valence-electron chi connectivity index (χ3n) is 4.43. The first-order valence-electron chi connectivity index (χ1n) is 9.11. The van der Waals surface area contributed by atoms with Gasteiger partial charge in [-0.05, 0) is 48.5 Å². The summed E-state index contributed by atoms with van der Waals surface area (Å²) >= 11 is 6.21. The molecule has 1 aromatic heterocycles. The van der Waals surface area contributed by atoms with Crippen LogP contribution >= 0.6 is 11.6 Å². The second-order valence-electron chi connectivity index (χ2n) is 6.82. The normalized spacial score (nSPS) is 10.8. The van der Waals surface area contributed by atoms with E-state index in [1.54, 1.807) is 18.2 Å². The number of imidazole rings is 1. The van der Waals surface area contributed by atoms with Crippen LogP contribution in [0.2, 0.25) is 5.02 Å². The summed E-state index contributed by atoms with van der Waals surface area (Å²) in [5.41, 5.74) is 8.32. The molecule has 4 rings (SSSR count). The van der Waals surface area contributed by atoms with Gasteiger partial charge in [-0.2, -0.15) is 0 Å². The summed E-state index contributed by atoms with van der Waals surface area (Å²) in [5.74, 6) is 2.43. The van der Waals surface area contributed by atoms with Gasteiger partial charge in [0, 0.05) is 31.8 Å². The van der Waals surface area contributed by atoms with E-state index < -0.39 is 6.09 Å². The van der Waals surface area contributed by atoms with Gasteiger partial charge < -0.3 is 25.1 Å². The minimum Gasteiger partial charge on any atom is -0.457 e. The highest BCUT2D eigenvalue weighted by molar-refractivity contribution is 6.33. The number of nitrogens with zero attached hydrogens (tertiary/aromatic N) is 2. The molecule has 3 N–H and O–H groups in total. The van der Waals surface area contributed by atoms with Crippen LogP contribution < -0.4 is 20.1 Å². The summed E-state index contributed by atoms with van der Waals surface area (Å²) in [7, 11) is 3.85. The fourth-order valence-corrected chi connectivity index (χ4v) is 3.31. The third kappa shape index (κ3) is 4.16. The highest BCUT2D eigenvalue weighted by Crippen LogP contribution is 2.32. The fraction of sp³-hybridized carbons (Fsp3) is 0.0909. The molecular formula is C22H19ClN4O3. The monoisotopic (exact) mass is 422 g/mol. The Morgan fingerprint density at radius 3 is 2.40 bits per heavy atom. The molecule has 0 aliphatic heterocycles. The first-order chi connectivity index (χ1) is 14.4. The average molecular weight is 423 g/mol. The molecule has 0 aliphatic carbocycles. The van der Waals surface area contributed by atoms with Crippen molar-refractivity contribution in [2.75, 3.05) is 19.0 Å². The van der Waals surface area contributed by atoms with E-state index in [0.717, 1.165) is 22.3 Å². The van der Waals surface area contributed by atoms with Crippen LogP contribution in [0.15, 0.2) is 60.7 Å². The van der Waals surface area contributed by atoms with Crippen molar-refractivity contribution in [3.8, 4) is 28.6 Å². The van der Waals surface area contributed by atoms with Crippen LogP contribution in [0.1, 0.15) is 0 Å². The number of fused-ring (bicyclic) bond motifs is 1. The van der Waals surface area contributed by atoms with Crippen LogP contribution in [0.4, 0.5) is 10.5 Å². The van der Waals surface area contributed by atoms with Crippen LogP contribution in [-0.2, 0) is 0 Å². The maximum absolute atomic E-state index is 10.9. The van der Waals surface area contributed by atoms with E-state index in [2.05, 4.69) is 9.97 Å². The molecule has 1 amide bonds. The lowest BCUT2D eigenvalue weighted by Gasteiger charge is -2.16. The maximum atomic E-state index is 10.9. The number of nitrogens with two attached hydrogens (primary N) is 1. The second kappa shape index (κ2) is 7.96. The molecule has 0 saturated carbocycles. The van der Waals surface area contributed by atoms with Gasteiger partial charge in [0.25, 0.3) is 0 Å². The third-order valence-corrected chi connectivity index (χ3v) is 4.75. The number of hydrogen-bond acceptors (Lipinski definition) is 5. The van der Waals surface area contributed by atoms with Crippen molar-refractivity contribution in [3.63, 3.8) is 0 Å². The first-order valence-corrected chi connectivity index (χ1v) is 9.49. The number of hydrogen-bond donors (Lipinski definition) is 2. The highest BCUT2D eigenvalue weighted by atomic mass is 35.5. The van der Waals surface area contributed by atoms with Crippen molar-refractivity contribution in [1.82, 2.24) is 9.97 Å². The fourth-order valence-electron chi connectivity index (χ4n) is 3.02. The van der Waals surface area contributed by atoms with Crippen molar-refractivity contribution < 1.29 is 14.3 Å². The summed E-state index contributed by atoms with van der Waals surface area (Å²) in [6.45, 7) is 0. The Morgan fingerprint density at radius 1 is 1.00 bits per heavy atom. The van der Waals surface area contributed by atoms with Crippen LogP contribution in [0.3, 0.4) is 0 Å². The predicted molar refractivity (Wildman–Crippen MR) is 118 cm³/mol. The average Bonchev–Trinajstić information content (AvgIpc) is 3.12. The minimum atomic E-state index is -0.858. The van der Waals surface area contributed by atoms with E-state index >= 15 is 0 Å². The summed E-state index contributed by atoms with van der Waals surface area (Å²) in [5, 5.41) is 0.664. The molecule has 8 heteroatoms. The number of carbonyl (C=O) groups is 1. The van der Waals surface area contributed by atoms with Crippen molar-refractivity contribution in [1.29, 1.82) is 0 Å². The molecule has 7 nitrogen and oxygen atoms in total. The lowest BCUT2D eigenvalue weighted by Crippen LogP contribution is -2.16. The molecule has 3 aromatic carbocycles. The Bertz CT molecular complexity index is 1220. The number of ether oxygens (including phenoxy) is 2. The molecule has 0 fully saturated rings. The van der Waals surface area contributed by atoms with Gasteiger partial charge in [0.05, 0.1) is 21.7 Å². The molecule has 0 aliphatic rings. The number of halogens is 1. The van der Waals surface area contributed by atoms with Crippen LogP contribution in [0.25, 0.3) is 22.4 Å². The quantitative estimate of drug-likeness (QED) is 0.461. The number of primary amides is 1. The first kappa shape index (κ1) is 19.6. The summed E-state index contributed by atoms with van der Waals surface area (Å²) in [6.07, 6.45) is -0.858. The standard InChI is InChI=1S/C22H19ClN4O3/c1-27(2)20-12-16(7-9-17(20)23)29-14-5-3-13(4-6-14)21-25-18-10-8-15(30-22(24)28)11-19(18)26-21/h3-12H,1-2H3,(H2,24,28)(H,25,26). The van der Waals surface area contributed by atoms with E-state index in [9.17, 15) is 4.79 Å². The molecule has 0 unspecified atom stereocenters. The van der Waals surface area contributed by atoms with E-state index in [0.29, 0.717) is 28.1 Å². The van der Waals surface area contributed by atoms with E-state index in [-0.39, 0.29) is 0 Å². The molecular weight excluding hydrogens is 404 g/mol. The zero-order valence-electron chi connectivity index (χ0n) is 16.3. The van der Waals surface area contributed by atoms with Crippen LogP contribution in [-0.4, -0.2) is 30.2 Å². The number of aromatic nitrogens is 2. The number of anilines is 1. The van der Waals surface area contributed by atoms with Gasteiger partial charge in [-0.15, -0.1) is 0 Å². The van der Waals surface area contributed by atoms with Gasteiger partial charge in [-0.25, -0.2) is 9.78 Å². The summed E-state index contributed by atoms with van der Waals surface area (Å²) in [6, 6.07) is 18.2. The Morgan fingerprint density at radius 2 is 1.70 bits per heavy atom. The largest absolute Gasteiger partial charge is 0.457 e. The Hall–Kier alpha value is -3.71. The lowest BCUT2D eigenvalue weighted by molar-refractivity contribution is 0.211. The molecule has 0 spiro atoms. The number of nitrogens with one attached hydrogen (secondary N) is 1. The number of H-pyrrole nitrogens is 1. The molecule has 1 heterocycles. The van der Waals surface area contributed by atoms with E-state index in [1.165, 1.54) is 0 Å². The van der Waals surface area contributed by atoms with Gasteiger partial charge in [0.2, 0.25) is 0 Å². The van der Waals surface area contributed by atoms with Crippen molar-refractivity contribution in [2.45, 2.75) is 0 Å². The zero-order valence-corrected chi connectivity index (χ0v) is 17.1. The van der Waals surface area contributed by atoms with Gasteiger partial charge >= 0.3 is 6.09 Å². The molecule has 4 aromatic rings. The van der Waals surface area contributed by atoms with Gasteiger partial charge in [-0.1, -0.05) is 11.6 Å². The van der Waals surface area contributed by atoms with E-state index in [4.69, 9.17) is 26.8 Å². The number of aromatic amines is 1. The molecule has 0 atom stereocenters. The molecule has 0 saturated heterocycles. The van der Waals surface area contributed by atoms with Crippen LogP contribution in [0, 0.1) is 0 Å². The predicted octanol–water partition coefficient (Wildman–Crippen LogP) is 5.20. The Kier molecular flexibility index (Phi) is 5.20. The van der Waals surface area contributed by atoms with Crippen molar-refractivity contribution >= 4 is 34.4 Å². The van der Waals surface area contributed by atoms with Gasteiger partial charge in [0.1, 0.15) is 23.1 Å². The zero-order chi connectivity index (χ0) is 21.3. The van der Waals surface area contributed by atoms with Crippen molar-refractivity contribution in [3.05, 3.63) is 65.7 Å². The number of rotatable bonds is 5. The number of carbonyl (C=O) groups excluding carboxylic acids is 1. The molecule has 30 heavy (non-hydrogen) atoms. The van der Waals surface area contributed by atoms with Crippen molar-refractivity contribution in [2.24, 2.45) is 5.73 Å². The van der Waals surface area contributed by atoms with Gasteiger partial charge in [-0.3, -0.25) is 0 Å². The number of benzene rings is 3. The maximum Gasteiger partial charge on any atom is 0.409 e. The highest BCUT2D eigenvalue weighted by Gasteiger charge is 2.09. The Balaban J connectivity index is 1.55. The minimum absolute atomic E-state index is 0.356. The van der Waals surface area contributed by atoms with E-state index in [1.807, 2.05) is 61.5 Å². The summed E-state index contributed by atoms with van der Waals surface area (Å²) < 4.78 is 10.9.